The highest BCUT2D eigenvalue weighted by molar-refractivity contribution is 6.35. The van der Waals surface area contributed by atoms with Crippen LogP contribution in [0, 0.1) is 0 Å². The summed E-state index contributed by atoms with van der Waals surface area (Å²) in [6, 6.07) is 34.4. The molecule has 0 fully saturated rings. The number of nitrogens with one attached hydrogen (secondary N) is 1. The molecule has 0 bridgehead atoms. The lowest BCUT2D eigenvalue weighted by molar-refractivity contribution is -0.141. The lowest BCUT2D eigenvalue weighted by Gasteiger charge is -2.33. The first-order chi connectivity index (χ1) is 19.5. The number of amides is 2. The molecule has 0 saturated carbocycles. The van der Waals surface area contributed by atoms with Crippen molar-refractivity contribution in [2.75, 3.05) is 6.54 Å². The molecule has 6 heteroatoms. The van der Waals surface area contributed by atoms with Crippen molar-refractivity contribution < 1.29 is 9.59 Å². The number of benzene rings is 4. The standard InChI is InChI=1S/C34H34Cl2N2O2/c1-2-20-37-34(40)32(21-25-12-6-3-7-13-25)38(24-28-18-19-29(35)22-31(28)36)33(39)23-30(26-14-8-4-9-15-26)27-16-10-5-11-17-27/h3-19,22,30,32H,2,20-21,23-24H2,1H3,(H,37,40). The van der Waals surface area contributed by atoms with E-state index in [1.165, 1.54) is 0 Å². The zero-order valence-corrected chi connectivity index (χ0v) is 24.1. The van der Waals surface area contributed by atoms with Crippen molar-refractivity contribution in [3.05, 3.63) is 141 Å². The lowest BCUT2D eigenvalue weighted by atomic mass is 9.87. The molecule has 4 rings (SSSR count). The van der Waals surface area contributed by atoms with Crippen LogP contribution < -0.4 is 5.32 Å². The van der Waals surface area contributed by atoms with E-state index in [4.69, 9.17) is 23.2 Å². The Hall–Kier alpha value is -3.60. The summed E-state index contributed by atoms with van der Waals surface area (Å²) in [5.74, 6) is -0.481. The van der Waals surface area contributed by atoms with Crippen molar-refractivity contribution in [2.45, 2.75) is 44.7 Å². The summed E-state index contributed by atoms with van der Waals surface area (Å²) >= 11 is 12.7. The Balaban J connectivity index is 1.74. The number of rotatable bonds is 12. The van der Waals surface area contributed by atoms with Crippen molar-refractivity contribution >= 4 is 35.0 Å². The van der Waals surface area contributed by atoms with Crippen LogP contribution in [-0.4, -0.2) is 29.3 Å². The molecule has 1 N–H and O–H groups in total. The van der Waals surface area contributed by atoms with E-state index in [9.17, 15) is 9.59 Å². The smallest absolute Gasteiger partial charge is 0.243 e. The molecule has 2 amide bonds. The average Bonchev–Trinajstić information content (AvgIpc) is 2.98. The number of carbonyl (C=O) groups excluding carboxylic acids is 2. The summed E-state index contributed by atoms with van der Waals surface area (Å²) in [7, 11) is 0. The summed E-state index contributed by atoms with van der Waals surface area (Å²) in [4.78, 5) is 29.7. The van der Waals surface area contributed by atoms with E-state index >= 15 is 0 Å². The fraction of sp³-hybridized carbons (Fsp3) is 0.235. The molecule has 0 aliphatic rings. The van der Waals surface area contributed by atoms with Gasteiger partial charge < -0.3 is 10.2 Å². The van der Waals surface area contributed by atoms with Crippen LogP contribution in [0.1, 0.15) is 47.9 Å². The Labute approximate surface area is 246 Å². The van der Waals surface area contributed by atoms with E-state index in [0.29, 0.717) is 23.0 Å². The molecule has 0 aliphatic heterocycles. The van der Waals surface area contributed by atoms with Gasteiger partial charge in [0, 0.05) is 41.9 Å². The summed E-state index contributed by atoms with van der Waals surface area (Å²) in [5, 5.41) is 4.00. The maximum atomic E-state index is 14.4. The van der Waals surface area contributed by atoms with E-state index < -0.39 is 6.04 Å². The molecule has 4 aromatic carbocycles. The summed E-state index contributed by atoms with van der Waals surface area (Å²) in [6.45, 7) is 2.72. The van der Waals surface area contributed by atoms with Crippen molar-refractivity contribution in [3.63, 3.8) is 0 Å². The van der Waals surface area contributed by atoms with E-state index in [2.05, 4.69) is 5.32 Å². The molecule has 0 aliphatic carbocycles. The molecule has 0 aromatic heterocycles. The van der Waals surface area contributed by atoms with E-state index in [0.717, 1.165) is 28.7 Å². The highest BCUT2D eigenvalue weighted by Crippen LogP contribution is 2.31. The second-order valence-corrected chi connectivity index (χ2v) is 10.7. The highest BCUT2D eigenvalue weighted by atomic mass is 35.5. The highest BCUT2D eigenvalue weighted by Gasteiger charge is 2.32. The van der Waals surface area contributed by atoms with Crippen LogP contribution in [0.25, 0.3) is 0 Å². The Morgan fingerprint density at radius 2 is 1.38 bits per heavy atom. The number of halogens is 2. The van der Waals surface area contributed by atoms with Crippen LogP contribution in [0.4, 0.5) is 0 Å². The van der Waals surface area contributed by atoms with Gasteiger partial charge in [0.2, 0.25) is 11.8 Å². The van der Waals surface area contributed by atoms with Gasteiger partial charge in [0.25, 0.3) is 0 Å². The van der Waals surface area contributed by atoms with Gasteiger partial charge in [-0.15, -0.1) is 0 Å². The van der Waals surface area contributed by atoms with Gasteiger partial charge in [0.05, 0.1) is 0 Å². The third-order valence-electron chi connectivity index (χ3n) is 6.96. The molecule has 0 radical (unpaired) electrons. The fourth-order valence-electron chi connectivity index (χ4n) is 4.84. The number of nitrogens with zero attached hydrogens (tertiary/aromatic N) is 1. The Morgan fingerprint density at radius 3 is 1.93 bits per heavy atom. The molecule has 40 heavy (non-hydrogen) atoms. The van der Waals surface area contributed by atoms with Crippen LogP contribution in [-0.2, 0) is 22.6 Å². The maximum absolute atomic E-state index is 14.4. The van der Waals surface area contributed by atoms with Crippen molar-refractivity contribution in [3.8, 4) is 0 Å². The van der Waals surface area contributed by atoms with Crippen LogP contribution >= 0.6 is 23.2 Å². The summed E-state index contributed by atoms with van der Waals surface area (Å²) in [5.41, 5.74) is 3.79. The predicted octanol–water partition coefficient (Wildman–Crippen LogP) is 7.68. The number of hydrogen-bond donors (Lipinski definition) is 1. The van der Waals surface area contributed by atoms with Gasteiger partial charge in [-0.3, -0.25) is 9.59 Å². The minimum Gasteiger partial charge on any atom is -0.354 e. The number of carbonyl (C=O) groups is 2. The first kappa shape index (κ1) is 29.4. The molecule has 0 saturated heterocycles. The molecule has 1 atom stereocenters. The van der Waals surface area contributed by atoms with E-state index in [-0.39, 0.29) is 30.7 Å². The van der Waals surface area contributed by atoms with E-state index in [1.807, 2.05) is 104 Å². The third-order valence-corrected chi connectivity index (χ3v) is 7.55. The maximum Gasteiger partial charge on any atom is 0.243 e. The largest absolute Gasteiger partial charge is 0.354 e. The molecule has 4 nitrogen and oxygen atoms in total. The van der Waals surface area contributed by atoms with Crippen LogP contribution in [0.15, 0.2) is 109 Å². The summed E-state index contributed by atoms with van der Waals surface area (Å²) in [6.07, 6.45) is 1.38. The molecule has 0 heterocycles. The van der Waals surface area contributed by atoms with Gasteiger partial charge in [-0.1, -0.05) is 127 Å². The second-order valence-electron chi connectivity index (χ2n) is 9.83. The molecular weight excluding hydrogens is 539 g/mol. The SMILES string of the molecule is CCCNC(=O)C(Cc1ccccc1)N(Cc1ccc(Cl)cc1Cl)C(=O)CC(c1ccccc1)c1ccccc1. The molecule has 4 aromatic rings. The van der Waals surface area contributed by atoms with Crippen molar-refractivity contribution in [2.24, 2.45) is 0 Å². The second kappa shape index (κ2) is 14.7. The van der Waals surface area contributed by atoms with Crippen LogP contribution in [0.5, 0.6) is 0 Å². The Morgan fingerprint density at radius 1 is 0.800 bits per heavy atom. The zero-order chi connectivity index (χ0) is 28.3. The Bertz CT molecular complexity index is 1340. The summed E-state index contributed by atoms with van der Waals surface area (Å²) < 4.78 is 0. The van der Waals surface area contributed by atoms with Gasteiger partial charge in [-0.25, -0.2) is 0 Å². The minimum atomic E-state index is -0.722. The zero-order valence-electron chi connectivity index (χ0n) is 22.6. The van der Waals surface area contributed by atoms with Gasteiger partial charge in [-0.05, 0) is 40.8 Å². The van der Waals surface area contributed by atoms with Crippen molar-refractivity contribution in [1.82, 2.24) is 10.2 Å². The van der Waals surface area contributed by atoms with Gasteiger partial charge in [0.15, 0.2) is 0 Å². The topological polar surface area (TPSA) is 49.4 Å². The molecule has 0 spiro atoms. The fourth-order valence-corrected chi connectivity index (χ4v) is 5.31. The average molecular weight is 574 g/mol. The molecular formula is C34H34Cl2N2O2. The molecule has 1 unspecified atom stereocenters. The quantitative estimate of drug-likeness (QED) is 0.189. The first-order valence-corrected chi connectivity index (χ1v) is 14.4. The normalized spacial score (nSPS) is 11.7. The van der Waals surface area contributed by atoms with Gasteiger partial charge in [-0.2, -0.15) is 0 Å². The number of hydrogen-bond acceptors (Lipinski definition) is 2. The van der Waals surface area contributed by atoms with Crippen molar-refractivity contribution in [1.29, 1.82) is 0 Å². The van der Waals surface area contributed by atoms with E-state index in [1.54, 1.807) is 17.0 Å². The third kappa shape index (κ3) is 7.97. The predicted molar refractivity (Wildman–Crippen MR) is 164 cm³/mol. The van der Waals surface area contributed by atoms with Gasteiger partial charge >= 0.3 is 0 Å². The van der Waals surface area contributed by atoms with Crippen LogP contribution in [0.3, 0.4) is 0 Å². The van der Waals surface area contributed by atoms with Crippen LogP contribution in [0.2, 0.25) is 10.0 Å². The minimum absolute atomic E-state index is 0.128. The Kier molecular flexibility index (Phi) is 10.8. The first-order valence-electron chi connectivity index (χ1n) is 13.6. The molecule has 206 valence electrons. The lowest BCUT2D eigenvalue weighted by Crippen LogP contribution is -2.51. The van der Waals surface area contributed by atoms with Gasteiger partial charge in [0.1, 0.15) is 6.04 Å². The monoisotopic (exact) mass is 572 g/mol.